The molecule has 8 nitrogen and oxygen atoms in total. The number of piperidine rings is 2. The Labute approximate surface area is 272 Å². The zero-order valence-corrected chi connectivity index (χ0v) is 27.8. The van der Waals surface area contributed by atoms with Crippen molar-refractivity contribution in [2.24, 2.45) is 11.8 Å². The van der Waals surface area contributed by atoms with E-state index >= 15 is 0 Å². The molecular weight excluding hydrogens is 621 g/mol. The Bertz CT molecular complexity index is 1700. The molecule has 2 fully saturated rings. The lowest BCUT2D eigenvalue weighted by Gasteiger charge is -2.29. The van der Waals surface area contributed by atoms with Crippen LogP contribution in [0.5, 0.6) is 0 Å². The van der Waals surface area contributed by atoms with Crippen LogP contribution in [0.3, 0.4) is 0 Å². The van der Waals surface area contributed by atoms with Crippen LogP contribution in [-0.2, 0) is 20.0 Å². The fourth-order valence-corrected chi connectivity index (χ4v) is 8.57. The van der Waals surface area contributed by atoms with Crippen LogP contribution >= 0.6 is 0 Å². The number of carbonyl (C=O) groups is 2. The zero-order valence-electron chi connectivity index (χ0n) is 26.2. The average molecular weight is 661 g/mol. The Balaban J connectivity index is 1.19. The van der Waals surface area contributed by atoms with E-state index in [4.69, 9.17) is 0 Å². The van der Waals surface area contributed by atoms with Gasteiger partial charge in [0, 0.05) is 37.3 Å². The van der Waals surface area contributed by atoms with E-state index in [1.165, 1.54) is 69.3 Å². The van der Waals surface area contributed by atoms with E-state index in [2.05, 4.69) is 13.8 Å². The first-order valence-corrected chi connectivity index (χ1v) is 18.6. The standard InChI is InChI=1S/C36H40N2O6S2/c1-27-18-22-37(23-19-27)45(41,42)33-12-8-31(9-13-33)35(39)16-6-29-4-3-5-30(26-29)7-17-36(40)32-10-14-34(15-11-32)46(43,44)38-24-20-28(2)21-25-38/h3-17,26-28H,18-25H2,1-2H3/b16-6+,17-7+. The second-order valence-electron chi connectivity index (χ2n) is 12.3. The Morgan fingerprint density at radius 1 is 0.587 bits per heavy atom. The van der Waals surface area contributed by atoms with Crippen LogP contribution in [0.15, 0.2) is 94.7 Å². The summed E-state index contributed by atoms with van der Waals surface area (Å²) in [6, 6.07) is 19.4. The summed E-state index contributed by atoms with van der Waals surface area (Å²) in [5, 5.41) is 0. The van der Waals surface area contributed by atoms with Gasteiger partial charge < -0.3 is 0 Å². The van der Waals surface area contributed by atoms with Gasteiger partial charge >= 0.3 is 0 Å². The van der Waals surface area contributed by atoms with E-state index in [9.17, 15) is 26.4 Å². The molecular formula is C36H40N2O6S2. The van der Waals surface area contributed by atoms with Gasteiger partial charge in [0.1, 0.15) is 0 Å². The Hall–Kier alpha value is -3.70. The lowest BCUT2D eigenvalue weighted by atomic mass is 10.0. The van der Waals surface area contributed by atoms with Gasteiger partial charge in [-0.25, -0.2) is 16.8 Å². The summed E-state index contributed by atoms with van der Waals surface area (Å²) in [4.78, 5) is 26.0. The third kappa shape index (κ3) is 7.98. The highest BCUT2D eigenvalue weighted by Gasteiger charge is 2.29. The number of hydrogen-bond donors (Lipinski definition) is 0. The predicted octanol–water partition coefficient (Wildman–Crippen LogP) is 6.32. The summed E-state index contributed by atoms with van der Waals surface area (Å²) in [5.74, 6) is 0.520. The third-order valence-corrected chi connectivity index (χ3v) is 12.6. The number of sulfonamides is 2. The van der Waals surface area contributed by atoms with Crippen molar-refractivity contribution in [1.82, 2.24) is 8.61 Å². The van der Waals surface area contributed by atoms with E-state index in [0.29, 0.717) is 49.1 Å². The molecule has 10 heteroatoms. The molecule has 0 bridgehead atoms. The summed E-state index contributed by atoms with van der Waals surface area (Å²) in [5.41, 5.74) is 2.27. The molecule has 0 radical (unpaired) electrons. The minimum absolute atomic E-state index is 0.185. The van der Waals surface area contributed by atoms with Crippen LogP contribution < -0.4 is 0 Å². The molecule has 0 aliphatic carbocycles. The second kappa shape index (κ2) is 14.4. The molecule has 0 aromatic heterocycles. The van der Waals surface area contributed by atoms with E-state index in [1.807, 2.05) is 24.3 Å². The smallest absolute Gasteiger partial charge is 0.243 e. The molecule has 2 heterocycles. The van der Waals surface area contributed by atoms with Gasteiger partial charge in [0.15, 0.2) is 11.6 Å². The van der Waals surface area contributed by atoms with Crippen molar-refractivity contribution in [3.05, 3.63) is 107 Å². The molecule has 2 saturated heterocycles. The van der Waals surface area contributed by atoms with Gasteiger partial charge in [-0.2, -0.15) is 8.61 Å². The quantitative estimate of drug-likeness (QED) is 0.186. The molecule has 5 rings (SSSR count). The summed E-state index contributed by atoms with van der Waals surface area (Å²) >= 11 is 0. The van der Waals surface area contributed by atoms with Crippen molar-refractivity contribution in [2.45, 2.75) is 49.3 Å². The maximum Gasteiger partial charge on any atom is 0.243 e. The number of allylic oxidation sites excluding steroid dienone is 2. The van der Waals surface area contributed by atoms with Crippen LogP contribution in [0.4, 0.5) is 0 Å². The van der Waals surface area contributed by atoms with Gasteiger partial charge in [-0.3, -0.25) is 9.59 Å². The molecule has 3 aromatic carbocycles. The zero-order chi connectivity index (χ0) is 32.9. The molecule has 242 valence electrons. The van der Waals surface area contributed by atoms with Crippen molar-refractivity contribution >= 4 is 43.8 Å². The molecule has 3 aromatic rings. The first-order valence-electron chi connectivity index (χ1n) is 15.7. The minimum Gasteiger partial charge on any atom is -0.289 e. The van der Waals surface area contributed by atoms with E-state index < -0.39 is 20.0 Å². The van der Waals surface area contributed by atoms with Crippen molar-refractivity contribution in [3.63, 3.8) is 0 Å². The van der Waals surface area contributed by atoms with Crippen LogP contribution in [0.2, 0.25) is 0 Å². The first-order chi connectivity index (χ1) is 21.9. The van der Waals surface area contributed by atoms with Gasteiger partial charge in [0.25, 0.3) is 0 Å². The van der Waals surface area contributed by atoms with Crippen molar-refractivity contribution in [2.75, 3.05) is 26.2 Å². The maximum absolute atomic E-state index is 13.0. The maximum atomic E-state index is 13.0. The van der Waals surface area contributed by atoms with Gasteiger partial charge in [-0.15, -0.1) is 0 Å². The number of rotatable bonds is 10. The first kappa shape index (κ1) is 33.7. The fraction of sp³-hybridized carbons (Fsp3) is 0.333. The van der Waals surface area contributed by atoms with Crippen molar-refractivity contribution in [1.29, 1.82) is 0 Å². The Morgan fingerprint density at radius 2 is 0.935 bits per heavy atom. The number of benzene rings is 3. The molecule has 2 aliphatic rings. The van der Waals surface area contributed by atoms with Crippen molar-refractivity contribution in [3.8, 4) is 0 Å². The Morgan fingerprint density at radius 3 is 1.28 bits per heavy atom. The molecule has 0 unspecified atom stereocenters. The summed E-state index contributed by atoms with van der Waals surface area (Å²) in [6.45, 7) is 6.28. The summed E-state index contributed by atoms with van der Waals surface area (Å²) in [6.07, 6.45) is 9.58. The van der Waals surface area contributed by atoms with Crippen LogP contribution in [0.1, 0.15) is 71.4 Å². The van der Waals surface area contributed by atoms with Gasteiger partial charge in [0.2, 0.25) is 20.0 Å². The van der Waals surface area contributed by atoms with Gasteiger partial charge in [0.05, 0.1) is 9.79 Å². The average Bonchev–Trinajstić information content (AvgIpc) is 3.07. The van der Waals surface area contributed by atoms with Gasteiger partial charge in [-0.05, 0) is 115 Å². The predicted molar refractivity (Wildman–Crippen MR) is 180 cm³/mol. The molecule has 0 N–H and O–H groups in total. The molecule has 0 amide bonds. The SMILES string of the molecule is CC1CCN(S(=O)(=O)c2ccc(C(=O)/C=C/c3cccc(/C=C/C(=O)c4ccc(S(=O)(=O)N5CCC(C)CC5)cc4)c3)cc2)CC1. The van der Waals surface area contributed by atoms with Crippen LogP contribution in [-0.4, -0.2) is 63.2 Å². The molecule has 46 heavy (non-hydrogen) atoms. The Kier molecular flexibility index (Phi) is 10.5. The highest BCUT2D eigenvalue weighted by atomic mass is 32.2. The molecule has 2 aliphatic heterocycles. The minimum atomic E-state index is -3.58. The monoisotopic (exact) mass is 660 g/mol. The number of nitrogens with zero attached hydrogens (tertiary/aromatic N) is 2. The highest BCUT2D eigenvalue weighted by molar-refractivity contribution is 7.89. The van der Waals surface area contributed by atoms with E-state index in [1.54, 1.807) is 12.2 Å². The molecule has 0 spiro atoms. The van der Waals surface area contributed by atoms with Crippen LogP contribution in [0.25, 0.3) is 12.2 Å². The van der Waals surface area contributed by atoms with Crippen molar-refractivity contribution < 1.29 is 26.4 Å². The third-order valence-electron chi connectivity index (χ3n) is 8.80. The number of ketones is 2. The topological polar surface area (TPSA) is 109 Å². The van der Waals surface area contributed by atoms with E-state index in [-0.39, 0.29) is 21.4 Å². The number of hydrogen-bond acceptors (Lipinski definition) is 6. The largest absolute Gasteiger partial charge is 0.289 e. The summed E-state index contributed by atoms with van der Waals surface area (Å²) in [7, 11) is -7.17. The second-order valence-corrected chi connectivity index (χ2v) is 16.2. The van der Waals surface area contributed by atoms with Crippen LogP contribution in [0, 0.1) is 11.8 Å². The molecule has 0 saturated carbocycles. The lowest BCUT2D eigenvalue weighted by Crippen LogP contribution is -2.37. The number of carbonyl (C=O) groups excluding carboxylic acids is 2. The highest BCUT2D eigenvalue weighted by Crippen LogP contribution is 2.25. The van der Waals surface area contributed by atoms with E-state index in [0.717, 1.165) is 36.8 Å². The summed E-state index contributed by atoms with van der Waals surface area (Å²) < 4.78 is 55.0. The normalized spacial score (nSPS) is 18.0. The fourth-order valence-electron chi connectivity index (χ4n) is 5.63. The van der Waals surface area contributed by atoms with Gasteiger partial charge in [-0.1, -0.05) is 44.2 Å². The lowest BCUT2D eigenvalue weighted by molar-refractivity contribution is 0.103. The molecule has 0 atom stereocenters.